The molecule has 0 saturated carbocycles. The van der Waals surface area contributed by atoms with Crippen LogP contribution in [-0.4, -0.2) is 26.8 Å². The van der Waals surface area contributed by atoms with E-state index in [-0.39, 0.29) is 13.2 Å². The lowest BCUT2D eigenvalue weighted by molar-refractivity contribution is 0.0974. The molecule has 0 N–H and O–H groups in total. The number of hydrogen-bond donors (Lipinski definition) is 0. The molecule has 6 heteroatoms. The Morgan fingerprint density at radius 2 is 2.12 bits per heavy atom. The molecule has 0 atom stereocenters. The summed E-state index contributed by atoms with van der Waals surface area (Å²) in [7, 11) is 0. The predicted molar refractivity (Wildman–Crippen MR) is 102 cm³/mol. The van der Waals surface area contributed by atoms with Gasteiger partial charge in [0.1, 0.15) is 5.69 Å². The van der Waals surface area contributed by atoms with Gasteiger partial charge in [0, 0.05) is 17.5 Å². The Morgan fingerprint density at radius 3 is 2.80 bits per heavy atom. The Bertz CT molecular complexity index is 867. The minimum atomic E-state index is 0. The molecular formula is C19H25N3O2S. The van der Waals surface area contributed by atoms with Crippen LogP contribution in [0.25, 0.3) is 5.65 Å². The van der Waals surface area contributed by atoms with Crippen LogP contribution in [0.1, 0.15) is 53.9 Å². The molecule has 0 aliphatic heterocycles. The van der Waals surface area contributed by atoms with Crippen LogP contribution in [0.4, 0.5) is 0 Å². The van der Waals surface area contributed by atoms with Gasteiger partial charge < -0.3 is 4.74 Å². The number of Topliss-reactive ketones (excluding diaryl/α,β-unsaturated/α-hetero) is 1. The third kappa shape index (κ3) is 3.90. The number of nitrogens with zero attached hydrogens (tertiary/aromatic N) is 3. The molecule has 0 aliphatic carbocycles. The third-order valence-corrected chi connectivity index (χ3v) is 5.00. The first kappa shape index (κ1) is 19.1. The van der Waals surface area contributed by atoms with Crippen molar-refractivity contribution in [2.45, 2.75) is 47.5 Å². The maximum Gasteiger partial charge on any atom is 0.181 e. The van der Waals surface area contributed by atoms with Gasteiger partial charge in [-0.25, -0.2) is 9.97 Å². The molecular weight excluding hydrogens is 334 g/mol. The van der Waals surface area contributed by atoms with Gasteiger partial charge in [0.25, 0.3) is 0 Å². The standard InChI is InChI=1S/C18H21N3O2S.CH4/c1-4-23-15-8-6-10-21-17(13(3)20-18(15)21)14(22)7-5-9-16-12(2)19-11-24-16;/h6,8,10-11H,4-5,7,9H2,1-3H3;1H4. The van der Waals surface area contributed by atoms with Crippen LogP contribution < -0.4 is 4.74 Å². The highest BCUT2D eigenvalue weighted by Crippen LogP contribution is 2.23. The van der Waals surface area contributed by atoms with E-state index < -0.39 is 0 Å². The van der Waals surface area contributed by atoms with Crippen molar-refractivity contribution in [3.63, 3.8) is 0 Å². The van der Waals surface area contributed by atoms with E-state index in [0.29, 0.717) is 30.1 Å². The third-order valence-electron chi connectivity index (χ3n) is 4.01. The lowest BCUT2D eigenvalue weighted by Crippen LogP contribution is -2.06. The zero-order chi connectivity index (χ0) is 17.1. The largest absolute Gasteiger partial charge is 0.490 e. The molecule has 3 heterocycles. The second kappa shape index (κ2) is 8.25. The molecule has 0 bridgehead atoms. The van der Waals surface area contributed by atoms with E-state index in [1.165, 1.54) is 4.88 Å². The first-order valence-corrected chi connectivity index (χ1v) is 9.02. The molecule has 0 aliphatic rings. The molecule has 0 saturated heterocycles. The minimum Gasteiger partial charge on any atom is -0.490 e. The summed E-state index contributed by atoms with van der Waals surface area (Å²) in [5, 5.41) is 0. The SMILES string of the molecule is C.CCOc1cccn2c(C(=O)CCCc3scnc3C)c(C)nc12. The number of pyridine rings is 1. The average Bonchev–Trinajstić information content (AvgIpc) is 3.11. The minimum absolute atomic E-state index is 0. The highest BCUT2D eigenvalue weighted by Gasteiger charge is 2.18. The van der Waals surface area contributed by atoms with E-state index in [1.54, 1.807) is 11.3 Å². The average molecular weight is 359 g/mol. The monoisotopic (exact) mass is 359 g/mol. The van der Waals surface area contributed by atoms with Crippen LogP contribution in [0.15, 0.2) is 23.8 Å². The van der Waals surface area contributed by atoms with Crippen LogP contribution in [0, 0.1) is 13.8 Å². The number of carbonyl (C=O) groups excluding carboxylic acids is 1. The number of carbonyl (C=O) groups is 1. The number of aryl methyl sites for hydroxylation is 3. The van der Waals surface area contributed by atoms with Gasteiger partial charge in [-0.3, -0.25) is 9.20 Å². The van der Waals surface area contributed by atoms with Crippen LogP contribution in [0.3, 0.4) is 0 Å². The van der Waals surface area contributed by atoms with Crippen LogP contribution in [-0.2, 0) is 6.42 Å². The zero-order valence-corrected chi connectivity index (χ0v) is 15.0. The fourth-order valence-corrected chi connectivity index (χ4v) is 3.68. The number of ether oxygens (including phenoxy) is 1. The molecule has 5 nitrogen and oxygen atoms in total. The quantitative estimate of drug-likeness (QED) is 0.576. The van der Waals surface area contributed by atoms with Crippen LogP contribution in [0.2, 0.25) is 0 Å². The predicted octanol–water partition coefficient (Wildman–Crippen LogP) is 4.65. The van der Waals surface area contributed by atoms with E-state index in [9.17, 15) is 4.79 Å². The van der Waals surface area contributed by atoms with E-state index in [4.69, 9.17) is 4.74 Å². The molecule has 0 fully saturated rings. The second-order valence-electron chi connectivity index (χ2n) is 5.68. The number of thiazole rings is 1. The molecule has 25 heavy (non-hydrogen) atoms. The molecule has 0 spiro atoms. The van der Waals surface area contributed by atoms with Crippen molar-refractivity contribution >= 4 is 22.8 Å². The molecule has 0 aromatic carbocycles. The van der Waals surface area contributed by atoms with Crippen LogP contribution in [0.5, 0.6) is 5.75 Å². The van der Waals surface area contributed by atoms with E-state index in [1.807, 2.05) is 49.0 Å². The summed E-state index contributed by atoms with van der Waals surface area (Å²) in [5.74, 6) is 0.832. The van der Waals surface area contributed by atoms with Gasteiger partial charge in [-0.1, -0.05) is 7.43 Å². The summed E-state index contributed by atoms with van der Waals surface area (Å²) in [6, 6.07) is 3.77. The number of imidazole rings is 1. The first-order chi connectivity index (χ1) is 11.6. The molecule has 3 rings (SSSR count). The Balaban J connectivity index is 0.00000225. The molecule has 134 valence electrons. The molecule has 0 radical (unpaired) electrons. The summed E-state index contributed by atoms with van der Waals surface area (Å²) in [6.07, 6.45) is 4.09. The summed E-state index contributed by atoms with van der Waals surface area (Å²) < 4.78 is 7.46. The fourth-order valence-electron chi connectivity index (χ4n) is 2.85. The lowest BCUT2D eigenvalue weighted by Gasteiger charge is -2.06. The van der Waals surface area contributed by atoms with E-state index in [2.05, 4.69) is 9.97 Å². The highest BCUT2D eigenvalue weighted by molar-refractivity contribution is 7.09. The topological polar surface area (TPSA) is 56.5 Å². The zero-order valence-electron chi connectivity index (χ0n) is 14.2. The fraction of sp³-hybridized carbons (Fsp3) is 0.421. The van der Waals surface area contributed by atoms with Gasteiger partial charge in [-0.2, -0.15) is 0 Å². The number of hydrogen-bond acceptors (Lipinski definition) is 5. The normalized spacial score (nSPS) is 10.7. The van der Waals surface area contributed by atoms with Gasteiger partial charge in [-0.15, -0.1) is 11.3 Å². The Labute approximate surface area is 152 Å². The smallest absolute Gasteiger partial charge is 0.181 e. The van der Waals surface area contributed by atoms with Crippen molar-refractivity contribution in [1.29, 1.82) is 0 Å². The maximum absolute atomic E-state index is 12.7. The van der Waals surface area contributed by atoms with Gasteiger partial charge in [0.05, 0.1) is 23.5 Å². The number of fused-ring (bicyclic) bond motifs is 1. The van der Waals surface area contributed by atoms with Crippen LogP contribution >= 0.6 is 11.3 Å². The summed E-state index contributed by atoms with van der Waals surface area (Å²) >= 11 is 1.66. The molecule has 0 amide bonds. The highest BCUT2D eigenvalue weighted by atomic mass is 32.1. The first-order valence-electron chi connectivity index (χ1n) is 8.14. The van der Waals surface area contributed by atoms with Crippen molar-refractivity contribution in [1.82, 2.24) is 14.4 Å². The maximum atomic E-state index is 12.7. The van der Waals surface area contributed by atoms with Crippen molar-refractivity contribution in [2.24, 2.45) is 0 Å². The molecule has 0 unspecified atom stereocenters. The Kier molecular flexibility index (Phi) is 6.31. The molecule has 3 aromatic rings. The van der Waals surface area contributed by atoms with Gasteiger partial charge >= 0.3 is 0 Å². The van der Waals surface area contributed by atoms with Crippen molar-refractivity contribution in [3.05, 3.63) is 45.8 Å². The Hall–Kier alpha value is -2.21. The number of ketones is 1. The summed E-state index contributed by atoms with van der Waals surface area (Å²) in [4.78, 5) is 22.8. The second-order valence-corrected chi connectivity index (χ2v) is 6.62. The molecule has 3 aromatic heterocycles. The van der Waals surface area contributed by atoms with E-state index in [0.717, 1.165) is 24.2 Å². The lowest BCUT2D eigenvalue weighted by atomic mass is 10.1. The Morgan fingerprint density at radius 1 is 1.32 bits per heavy atom. The van der Waals surface area contributed by atoms with Crippen molar-refractivity contribution < 1.29 is 9.53 Å². The summed E-state index contributed by atoms with van der Waals surface area (Å²) in [5.41, 5.74) is 5.04. The van der Waals surface area contributed by atoms with Gasteiger partial charge in [-0.05, 0) is 45.7 Å². The van der Waals surface area contributed by atoms with Crippen molar-refractivity contribution in [3.8, 4) is 5.75 Å². The number of aromatic nitrogens is 3. The van der Waals surface area contributed by atoms with E-state index >= 15 is 0 Å². The number of rotatable bonds is 7. The van der Waals surface area contributed by atoms with Gasteiger partial charge in [0.15, 0.2) is 17.2 Å². The van der Waals surface area contributed by atoms with Crippen molar-refractivity contribution in [2.75, 3.05) is 6.61 Å². The summed E-state index contributed by atoms with van der Waals surface area (Å²) in [6.45, 7) is 6.40. The van der Waals surface area contributed by atoms with Gasteiger partial charge in [0.2, 0.25) is 0 Å².